The molecule has 0 spiro atoms. The Kier molecular flexibility index (Phi) is 6.60. The maximum atomic E-state index is 12.7. The van der Waals surface area contributed by atoms with E-state index in [-0.39, 0.29) is 23.2 Å². The molecule has 0 radical (unpaired) electrons. The van der Waals surface area contributed by atoms with Crippen LogP contribution in [0.4, 0.5) is 4.39 Å². The Labute approximate surface area is 110 Å². The van der Waals surface area contributed by atoms with Crippen LogP contribution in [-0.4, -0.2) is 11.9 Å². The van der Waals surface area contributed by atoms with Crippen molar-refractivity contribution in [3.05, 3.63) is 35.6 Å². The van der Waals surface area contributed by atoms with Crippen LogP contribution in [0.5, 0.6) is 0 Å². The Balaban J connectivity index is 0.00000137. The Bertz CT molecular complexity index is 365. The largest absolute Gasteiger partial charge is 0.349 e. The SMILES string of the molecule is CC.CC(NC(=O)c1ccc(F)cc1)C(C)(C)C. The number of amides is 1. The normalized spacial score (nSPS) is 12.2. The summed E-state index contributed by atoms with van der Waals surface area (Å²) in [4.78, 5) is 11.8. The monoisotopic (exact) mass is 253 g/mol. The van der Waals surface area contributed by atoms with E-state index in [1.807, 2.05) is 20.8 Å². The van der Waals surface area contributed by atoms with Gasteiger partial charge < -0.3 is 5.32 Å². The number of nitrogens with one attached hydrogen (secondary N) is 1. The summed E-state index contributed by atoms with van der Waals surface area (Å²) in [6, 6.07) is 5.61. The van der Waals surface area contributed by atoms with Crippen molar-refractivity contribution in [3.8, 4) is 0 Å². The summed E-state index contributed by atoms with van der Waals surface area (Å²) in [6.07, 6.45) is 0. The highest BCUT2D eigenvalue weighted by Gasteiger charge is 2.21. The van der Waals surface area contributed by atoms with Crippen molar-refractivity contribution in [2.24, 2.45) is 5.41 Å². The summed E-state index contributed by atoms with van der Waals surface area (Å²) >= 11 is 0. The quantitative estimate of drug-likeness (QED) is 0.847. The molecular formula is C15H24FNO. The van der Waals surface area contributed by atoms with Crippen LogP contribution in [-0.2, 0) is 0 Å². The van der Waals surface area contributed by atoms with Gasteiger partial charge in [-0.1, -0.05) is 34.6 Å². The van der Waals surface area contributed by atoms with Crippen molar-refractivity contribution in [1.82, 2.24) is 5.32 Å². The zero-order valence-electron chi connectivity index (χ0n) is 12.2. The lowest BCUT2D eigenvalue weighted by Gasteiger charge is -2.28. The highest BCUT2D eigenvalue weighted by molar-refractivity contribution is 5.94. The molecule has 1 aromatic carbocycles. The number of benzene rings is 1. The number of carbonyl (C=O) groups is 1. The molecule has 2 nitrogen and oxygen atoms in total. The second kappa shape index (κ2) is 7.14. The van der Waals surface area contributed by atoms with E-state index in [1.165, 1.54) is 24.3 Å². The molecular weight excluding hydrogens is 229 g/mol. The summed E-state index contributed by atoms with van der Waals surface area (Å²) in [5.41, 5.74) is 0.493. The van der Waals surface area contributed by atoms with Gasteiger partial charge in [0.1, 0.15) is 5.82 Å². The second-order valence-corrected chi connectivity index (χ2v) is 5.07. The Hall–Kier alpha value is -1.38. The van der Waals surface area contributed by atoms with Crippen LogP contribution < -0.4 is 5.32 Å². The van der Waals surface area contributed by atoms with Gasteiger partial charge in [-0.05, 0) is 36.6 Å². The van der Waals surface area contributed by atoms with E-state index >= 15 is 0 Å². The van der Waals surface area contributed by atoms with E-state index in [9.17, 15) is 9.18 Å². The highest BCUT2D eigenvalue weighted by Crippen LogP contribution is 2.18. The number of hydrogen-bond donors (Lipinski definition) is 1. The van der Waals surface area contributed by atoms with E-state index in [1.54, 1.807) is 0 Å². The Morgan fingerprint density at radius 2 is 1.61 bits per heavy atom. The van der Waals surface area contributed by atoms with E-state index in [0.717, 1.165) is 0 Å². The third-order valence-electron chi connectivity index (χ3n) is 2.75. The lowest BCUT2D eigenvalue weighted by atomic mass is 9.88. The minimum atomic E-state index is -0.333. The number of rotatable bonds is 2. The molecule has 0 saturated heterocycles. The number of carbonyl (C=O) groups excluding carboxylic acids is 1. The fraction of sp³-hybridized carbons (Fsp3) is 0.533. The van der Waals surface area contributed by atoms with Crippen LogP contribution >= 0.6 is 0 Å². The lowest BCUT2D eigenvalue weighted by Crippen LogP contribution is -2.41. The van der Waals surface area contributed by atoms with Crippen LogP contribution in [0.2, 0.25) is 0 Å². The van der Waals surface area contributed by atoms with Crippen LogP contribution in [0, 0.1) is 11.2 Å². The molecule has 1 rings (SSSR count). The van der Waals surface area contributed by atoms with Gasteiger partial charge in [-0.2, -0.15) is 0 Å². The van der Waals surface area contributed by atoms with Crippen LogP contribution in [0.25, 0.3) is 0 Å². The fourth-order valence-corrected chi connectivity index (χ4v) is 1.10. The first kappa shape index (κ1) is 16.6. The minimum Gasteiger partial charge on any atom is -0.349 e. The molecule has 0 fully saturated rings. The molecule has 0 aliphatic carbocycles. The first-order valence-electron chi connectivity index (χ1n) is 6.37. The molecule has 1 N–H and O–H groups in total. The summed E-state index contributed by atoms with van der Waals surface area (Å²) in [5.74, 6) is -0.497. The summed E-state index contributed by atoms with van der Waals surface area (Å²) in [7, 11) is 0. The molecule has 1 aromatic rings. The molecule has 0 bridgehead atoms. The highest BCUT2D eigenvalue weighted by atomic mass is 19.1. The third kappa shape index (κ3) is 5.30. The molecule has 0 aliphatic rings. The first-order valence-corrected chi connectivity index (χ1v) is 6.37. The van der Waals surface area contributed by atoms with Gasteiger partial charge >= 0.3 is 0 Å². The summed E-state index contributed by atoms with van der Waals surface area (Å²) in [6.45, 7) is 12.1. The Morgan fingerprint density at radius 3 is 2.00 bits per heavy atom. The molecule has 0 aromatic heterocycles. The standard InChI is InChI=1S/C13H18FNO.C2H6/c1-9(13(2,3)4)15-12(16)10-5-7-11(14)8-6-10;1-2/h5-9H,1-4H3,(H,15,16);1-2H3. The smallest absolute Gasteiger partial charge is 0.251 e. The molecule has 1 unspecified atom stereocenters. The van der Waals surface area contributed by atoms with Gasteiger partial charge in [0.15, 0.2) is 0 Å². The van der Waals surface area contributed by atoms with Crippen LogP contribution in [0.3, 0.4) is 0 Å². The van der Waals surface area contributed by atoms with Gasteiger partial charge in [-0.15, -0.1) is 0 Å². The zero-order valence-corrected chi connectivity index (χ0v) is 12.2. The molecule has 1 atom stereocenters. The molecule has 0 aliphatic heterocycles. The first-order chi connectivity index (χ1) is 8.30. The van der Waals surface area contributed by atoms with Crippen molar-refractivity contribution in [2.75, 3.05) is 0 Å². The van der Waals surface area contributed by atoms with E-state index in [0.29, 0.717) is 5.56 Å². The number of halogens is 1. The topological polar surface area (TPSA) is 29.1 Å². The van der Waals surface area contributed by atoms with E-state index < -0.39 is 0 Å². The van der Waals surface area contributed by atoms with Gasteiger partial charge in [-0.25, -0.2) is 4.39 Å². The van der Waals surface area contributed by atoms with Gasteiger partial charge in [0.2, 0.25) is 0 Å². The van der Waals surface area contributed by atoms with E-state index in [4.69, 9.17) is 0 Å². The summed E-state index contributed by atoms with van der Waals surface area (Å²) in [5, 5.41) is 2.89. The molecule has 3 heteroatoms. The molecule has 102 valence electrons. The Morgan fingerprint density at radius 1 is 1.17 bits per heavy atom. The molecule has 1 amide bonds. The van der Waals surface area contributed by atoms with Crippen molar-refractivity contribution in [1.29, 1.82) is 0 Å². The van der Waals surface area contributed by atoms with Gasteiger partial charge in [-0.3, -0.25) is 4.79 Å². The van der Waals surface area contributed by atoms with Crippen LogP contribution in [0.15, 0.2) is 24.3 Å². The van der Waals surface area contributed by atoms with Crippen molar-refractivity contribution >= 4 is 5.91 Å². The van der Waals surface area contributed by atoms with Crippen molar-refractivity contribution < 1.29 is 9.18 Å². The third-order valence-corrected chi connectivity index (χ3v) is 2.75. The maximum absolute atomic E-state index is 12.7. The van der Waals surface area contributed by atoms with Gasteiger partial charge in [0, 0.05) is 11.6 Å². The predicted molar refractivity (Wildman–Crippen MR) is 74.1 cm³/mol. The van der Waals surface area contributed by atoms with Crippen molar-refractivity contribution in [3.63, 3.8) is 0 Å². The van der Waals surface area contributed by atoms with Crippen LogP contribution in [0.1, 0.15) is 51.9 Å². The molecule has 0 heterocycles. The van der Waals surface area contributed by atoms with Gasteiger partial charge in [0.25, 0.3) is 5.91 Å². The average molecular weight is 253 g/mol. The second-order valence-electron chi connectivity index (χ2n) is 5.07. The zero-order chi connectivity index (χ0) is 14.3. The van der Waals surface area contributed by atoms with Crippen molar-refractivity contribution in [2.45, 2.75) is 47.6 Å². The predicted octanol–water partition coefficient (Wildman–Crippen LogP) is 4.02. The fourth-order valence-electron chi connectivity index (χ4n) is 1.10. The summed E-state index contributed by atoms with van der Waals surface area (Å²) < 4.78 is 12.7. The molecule has 0 saturated carbocycles. The van der Waals surface area contributed by atoms with E-state index in [2.05, 4.69) is 26.1 Å². The molecule has 18 heavy (non-hydrogen) atoms. The lowest BCUT2D eigenvalue weighted by molar-refractivity contribution is 0.0910. The maximum Gasteiger partial charge on any atom is 0.251 e. The van der Waals surface area contributed by atoms with Gasteiger partial charge in [0.05, 0.1) is 0 Å². The minimum absolute atomic E-state index is 0.00961. The average Bonchev–Trinajstić information content (AvgIpc) is 2.31. The number of hydrogen-bond acceptors (Lipinski definition) is 1.